The first-order chi connectivity index (χ1) is 12.8. The van der Waals surface area contributed by atoms with Crippen molar-refractivity contribution >= 4 is 0 Å². The third-order valence-corrected chi connectivity index (χ3v) is 3.20. The van der Waals surface area contributed by atoms with E-state index < -0.39 is 0 Å². The summed E-state index contributed by atoms with van der Waals surface area (Å²) in [4.78, 5) is 0. The van der Waals surface area contributed by atoms with E-state index in [0.717, 1.165) is 26.1 Å². The maximum atomic E-state index is 8.42. The van der Waals surface area contributed by atoms with Crippen molar-refractivity contribution in [3.63, 3.8) is 0 Å². The molecule has 0 radical (unpaired) electrons. The van der Waals surface area contributed by atoms with Crippen molar-refractivity contribution in [1.29, 1.82) is 0 Å². The standard InChI is InChI=1S/C9H18O4.C5H8O.C4H10O3/c10-4-6-11-7-8-13-9-3-1-2-5-12-9;1-2-4-6-5-3-1;5-1-3-7-4-2-6/h9-10H,1-8H2;2,4H,1,3,5H2;5-6H,1-4H2. The van der Waals surface area contributed by atoms with Gasteiger partial charge in [-0.1, -0.05) is 0 Å². The van der Waals surface area contributed by atoms with E-state index in [9.17, 15) is 0 Å². The van der Waals surface area contributed by atoms with Crippen LogP contribution in [0.4, 0.5) is 0 Å². The lowest BCUT2D eigenvalue weighted by molar-refractivity contribution is -0.169. The second kappa shape index (κ2) is 22.3. The molecule has 1 fully saturated rings. The monoisotopic (exact) mass is 380 g/mol. The number of aliphatic hydroxyl groups is 3. The summed E-state index contributed by atoms with van der Waals surface area (Å²) in [5.41, 5.74) is 0. The van der Waals surface area contributed by atoms with Gasteiger partial charge in [0.15, 0.2) is 6.29 Å². The second-order valence-corrected chi connectivity index (χ2v) is 5.45. The average molecular weight is 380 g/mol. The van der Waals surface area contributed by atoms with Crippen LogP contribution in [0.3, 0.4) is 0 Å². The Morgan fingerprint density at radius 2 is 1.50 bits per heavy atom. The molecule has 1 atom stereocenters. The van der Waals surface area contributed by atoms with Crippen LogP contribution in [-0.2, 0) is 23.7 Å². The van der Waals surface area contributed by atoms with Crippen LogP contribution in [0.15, 0.2) is 12.3 Å². The minimum Gasteiger partial charge on any atom is -0.502 e. The predicted molar refractivity (Wildman–Crippen MR) is 96.8 cm³/mol. The van der Waals surface area contributed by atoms with Crippen molar-refractivity contribution in [2.24, 2.45) is 0 Å². The molecular formula is C18H36O8. The van der Waals surface area contributed by atoms with Gasteiger partial charge in [-0.05, 0) is 38.2 Å². The normalized spacial score (nSPS) is 18.8. The summed E-state index contributed by atoms with van der Waals surface area (Å²) in [6.45, 7) is 3.94. The van der Waals surface area contributed by atoms with Crippen LogP contribution >= 0.6 is 0 Å². The lowest BCUT2D eigenvalue weighted by Gasteiger charge is -2.22. The molecule has 2 heterocycles. The number of hydrogen-bond donors (Lipinski definition) is 3. The molecule has 0 aromatic rings. The van der Waals surface area contributed by atoms with E-state index >= 15 is 0 Å². The summed E-state index contributed by atoms with van der Waals surface area (Å²) in [6.07, 6.45) is 9.47. The van der Waals surface area contributed by atoms with E-state index in [1.165, 1.54) is 19.3 Å². The van der Waals surface area contributed by atoms with Crippen LogP contribution in [0.1, 0.15) is 32.1 Å². The van der Waals surface area contributed by atoms with E-state index in [2.05, 4.69) is 4.74 Å². The van der Waals surface area contributed by atoms with Crippen molar-refractivity contribution in [2.75, 3.05) is 66.1 Å². The Morgan fingerprint density at radius 3 is 1.92 bits per heavy atom. The fourth-order valence-electron chi connectivity index (χ4n) is 1.97. The molecule has 0 bridgehead atoms. The van der Waals surface area contributed by atoms with E-state index in [0.29, 0.717) is 33.0 Å². The van der Waals surface area contributed by atoms with Crippen LogP contribution in [-0.4, -0.2) is 87.7 Å². The van der Waals surface area contributed by atoms with Crippen LogP contribution in [0.25, 0.3) is 0 Å². The third-order valence-electron chi connectivity index (χ3n) is 3.20. The molecule has 8 nitrogen and oxygen atoms in total. The zero-order valence-electron chi connectivity index (χ0n) is 15.7. The fourth-order valence-corrected chi connectivity index (χ4v) is 1.97. The van der Waals surface area contributed by atoms with Gasteiger partial charge in [-0.25, -0.2) is 0 Å². The zero-order chi connectivity index (χ0) is 19.1. The highest BCUT2D eigenvalue weighted by atomic mass is 16.7. The molecule has 1 saturated heterocycles. The van der Waals surface area contributed by atoms with Gasteiger partial charge in [-0.15, -0.1) is 0 Å². The molecule has 1 unspecified atom stereocenters. The van der Waals surface area contributed by atoms with E-state index in [1.807, 2.05) is 6.08 Å². The minimum absolute atomic E-state index is 0.0278. The highest BCUT2D eigenvalue weighted by Gasteiger charge is 2.13. The van der Waals surface area contributed by atoms with Crippen LogP contribution in [0.5, 0.6) is 0 Å². The lowest BCUT2D eigenvalue weighted by atomic mass is 10.2. The van der Waals surface area contributed by atoms with Crippen molar-refractivity contribution in [1.82, 2.24) is 0 Å². The van der Waals surface area contributed by atoms with E-state index in [1.54, 1.807) is 6.26 Å². The topological polar surface area (TPSA) is 107 Å². The fraction of sp³-hybridized carbons (Fsp3) is 0.889. The van der Waals surface area contributed by atoms with Gasteiger partial charge in [0.05, 0.1) is 65.7 Å². The molecule has 2 aliphatic heterocycles. The largest absolute Gasteiger partial charge is 0.502 e. The molecule has 0 aliphatic carbocycles. The Hall–Kier alpha value is -0.740. The first-order valence-corrected chi connectivity index (χ1v) is 9.33. The third kappa shape index (κ3) is 19.6. The Kier molecular flexibility index (Phi) is 21.7. The van der Waals surface area contributed by atoms with Gasteiger partial charge < -0.3 is 39.0 Å². The quantitative estimate of drug-likeness (QED) is 0.479. The smallest absolute Gasteiger partial charge is 0.157 e. The molecule has 0 spiro atoms. The maximum absolute atomic E-state index is 8.42. The Morgan fingerprint density at radius 1 is 0.808 bits per heavy atom. The van der Waals surface area contributed by atoms with Crippen LogP contribution < -0.4 is 0 Å². The summed E-state index contributed by atoms with van der Waals surface area (Å²) >= 11 is 0. The summed E-state index contributed by atoms with van der Waals surface area (Å²) in [7, 11) is 0. The Labute approximate surface area is 156 Å². The summed E-state index contributed by atoms with van der Waals surface area (Å²) in [5.74, 6) is 0. The van der Waals surface area contributed by atoms with E-state index in [-0.39, 0.29) is 26.1 Å². The van der Waals surface area contributed by atoms with Gasteiger partial charge in [0.2, 0.25) is 0 Å². The molecular weight excluding hydrogens is 344 g/mol. The number of ether oxygens (including phenoxy) is 5. The number of hydrogen-bond acceptors (Lipinski definition) is 8. The summed E-state index contributed by atoms with van der Waals surface area (Å²) in [5, 5.41) is 24.6. The van der Waals surface area contributed by atoms with Gasteiger partial charge in [-0.2, -0.15) is 0 Å². The van der Waals surface area contributed by atoms with Gasteiger partial charge in [0, 0.05) is 6.61 Å². The SMILES string of the molecule is C1=COCCC1.OCCOCCO.OCCOCCOC1CCCCO1. The number of allylic oxidation sites excluding steroid dienone is 1. The predicted octanol–water partition coefficient (Wildman–Crippen LogP) is 0.837. The molecule has 3 N–H and O–H groups in total. The van der Waals surface area contributed by atoms with Gasteiger partial charge in [0.25, 0.3) is 0 Å². The first-order valence-electron chi connectivity index (χ1n) is 9.33. The molecule has 156 valence electrons. The van der Waals surface area contributed by atoms with Crippen molar-refractivity contribution in [3.05, 3.63) is 12.3 Å². The molecule has 0 aromatic heterocycles. The number of rotatable bonds is 10. The van der Waals surface area contributed by atoms with Crippen LogP contribution in [0, 0.1) is 0 Å². The second-order valence-electron chi connectivity index (χ2n) is 5.45. The summed E-state index contributed by atoms with van der Waals surface area (Å²) in [6, 6.07) is 0. The van der Waals surface area contributed by atoms with Crippen molar-refractivity contribution in [2.45, 2.75) is 38.4 Å². The van der Waals surface area contributed by atoms with E-state index in [4.69, 9.17) is 34.3 Å². The van der Waals surface area contributed by atoms with Crippen molar-refractivity contribution in [3.8, 4) is 0 Å². The Bertz CT molecular complexity index is 270. The van der Waals surface area contributed by atoms with Gasteiger partial charge >= 0.3 is 0 Å². The molecule has 2 aliphatic rings. The van der Waals surface area contributed by atoms with Gasteiger partial charge in [-0.3, -0.25) is 0 Å². The highest BCUT2D eigenvalue weighted by Crippen LogP contribution is 2.13. The lowest BCUT2D eigenvalue weighted by Crippen LogP contribution is -2.24. The maximum Gasteiger partial charge on any atom is 0.157 e. The molecule has 0 amide bonds. The summed E-state index contributed by atoms with van der Waals surface area (Å²) < 4.78 is 25.3. The first kappa shape index (κ1) is 25.3. The molecule has 0 aromatic carbocycles. The van der Waals surface area contributed by atoms with Crippen molar-refractivity contribution < 1.29 is 39.0 Å². The molecule has 2 rings (SSSR count). The van der Waals surface area contributed by atoms with Crippen LogP contribution in [0.2, 0.25) is 0 Å². The highest BCUT2D eigenvalue weighted by molar-refractivity contribution is 4.76. The minimum atomic E-state index is -0.0357. The average Bonchev–Trinajstić information content (AvgIpc) is 2.71. The molecule has 0 saturated carbocycles. The van der Waals surface area contributed by atoms with Gasteiger partial charge in [0.1, 0.15) is 0 Å². The molecule has 26 heavy (non-hydrogen) atoms. The molecule has 8 heteroatoms. The Balaban J connectivity index is 0.000000404. The number of aliphatic hydroxyl groups excluding tert-OH is 3. The zero-order valence-corrected chi connectivity index (χ0v) is 15.7.